The lowest BCUT2D eigenvalue weighted by Crippen LogP contribution is -2.36. The van der Waals surface area contributed by atoms with E-state index >= 15 is 0 Å². The fraction of sp³-hybridized carbons (Fsp3) is 0.273. The van der Waals surface area contributed by atoms with Gasteiger partial charge in [-0.1, -0.05) is 11.2 Å². The highest BCUT2D eigenvalue weighted by molar-refractivity contribution is 5.69. The first-order chi connectivity index (χ1) is 14.3. The van der Waals surface area contributed by atoms with Gasteiger partial charge in [-0.15, -0.1) is 0 Å². The molecule has 1 saturated heterocycles. The number of methoxy groups -OCH3 is 2. The minimum Gasteiger partial charge on any atom is -0.493 e. The molecule has 0 saturated carbocycles. The lowest BCUT2D eigenvalue weighted by molar-refractivity contribution is 0.122. The van der Waals surface area contributed by atoms with E-state index in [1.165, 1.54) is 5.69 Å². The van der Waals surface area contributed by atoms with Crippen molar-refractivity contribution in [1.82, 2.24) is 10.1 Å². The number of anilines is 1. The van der Waals surface area contributed by atoms with E-state index in [2.05, 4.69) is 27.2 Å². The molecule has 7 nitrogen and oxygen atoms in total. The molecule has 0 atom stereocenters. The van der Waals surface area contributed by atoms with Crippen molar-refractivity contribution in [3.8, 4) is 22.9 Å². The first-order valence-corrected chi connectivity index (χ1v) is 9.44. The van der Waals surface area contributed by atoms with Crippen LogP contribution in [0.15, 0.2) is 47.0 Å². The summed E-state index contributed by atoms with van der Waals surface area (Å²) >= 11 is 0. The third-order valence-electron chi connectivity index (χ3n) is 4.77. The highest BCUT2D eigenvalue weighted by Gasteiger charge is 2.12. The van der Waals surface area contributed by atoms with E-state index in [1.54, 1.807) is 20.3 Å². The van der Waals surface area contributed by atoms with E-state index in [4.69, 9.17) is 18.7 Å². The second-order valence-electron chi connectivity index (χ2n) is 6.55. The predicted octanol–water partition coefficient (Wildman–Crippen LogP) is 3.76. The Hall–Kier alpha value is -3.32. The molecule has 0 radical (unpaired) electrons. The maximum atomic E-state index is 5.40. The molecule has 29 heavy (non-hydrogen) atoms. The van der Waals surface area contributed by atoms with Gasteiger partial charge in [0.1, 0.15) is 0 Å². The van der Waals surface area contributed by atoms with Gasteiger partial charge in [-0.05, 0) is 48.0 Å². The second kappa shape index (κ2) is 8.79. The number of nitrogens with zero attached hydrogens (tertiary/aromatic N) is 3. The molecule has 0 spiro atoms. The zero-order valence-electron chi connectivity index (χ0n) is 16.5. The van der Waals surface area contributed by atoms with Crippen LogP contribution < -0.4 is 14.4 Å². The van der Waals surface area contributed by atoms with E-state index in [-0.39, 0.29) is 0 Å². The van der Waals surface area contributed by atoms with Crippen LogP contribution in [0, 0.1) is 0 Å². The monoisotopic (exact) mass is 393 g/mol. The largest absolute Gasteiger partial charge is 0.493 e. The molecule has 1 fully saturated rings. The van der Waals surface area contributed by atoms with Crippen molar-refractivity contribution in [3.63, 3.8) is 0 Å². The molecule has 7 heteroatoms. The smallest absolute Gasteiger partial charge is 0.250 e. The molecule has 1 aliphatic heterocycles. The Balaban J connectivity index is 1.46. The van der Waals surface area contributed by atoms with Crippen LogP contribution >= 0.6 is 0 Å². The summed E-state index contributed by atoms with van der Waals surface area (Å²) in [6, 6.07) is 13.9. The molecule has 4 rings (SSSR count). The molecule has 0 aliphatic carbocycles. The van der Waals surface area contributed by atoms with Gasteiger partial charge in [0.2, 0.25) is 5.82 Å². The van der Waals surface area contributed by atoms with Gasteiger partial charge in [-0.3, -0.25) is 0 Å². The summed E-state index contributed by atoms with van der Waals surface area (Å²) < 4.78 is 21.3. The van der Waals surface area contributed by atoms with Crippen molar-refractivity contribution in [3.05, 3.63) is 53.9 Å². The van der Waals surface area contributed by atoms with Gasteiger partial charge in [-0.25, -0.2) is 0 Å². The Morgan fingerprint density at radius 2 is 1.69 bits per heavy atom. The van der Waals surface area contributed by atoms with E-state index in [1.807, 2.05) is 36.4 Å². The van der Waals surface area contributed by atoms with Crippen LogP contribution in [0.4, 0.5) is 5.69 Å². The summed E-state index contributed by atoms with van der Waals surface area (Å²) in [7, 11) is 3.22. The Morgan fingerprint density at radius 1 is 0.931 bits per heavy atom. The molecule has 2 aromatic carbocycles. The van der Waals surface area contributed by atoms with Gasteiger partial charge in [0.15, 0.2) is 11.5 Å². The topological polar surface area (TPSA) is 69.9 Å². The van der Waals surface area contributed by atoms with Gasteiger partial charge in [0, 0.05) is 30.4 Å². The predicted molar refractivity (Wildman–Crippen MR) is 111 cm³/mol. The van der Waals surface area contributed by atoms with Crippen molar-refractivity contribution >= 4 is 17.8 Å². The Bertz CT molecular complexity index is 976. The van der Waals surface area contributed by atoms with E-state index in [9.17, 15) is 0 Å². The second-order valence-corrected chi connectivity index (χ2v) is 6.55. The molecular formula is C22H23N3O4. The fourth-order valence-electron chi connectivity index (χ4n) is 3.19. The van der Waals surface area contributed by atoms with E-state index < -0.39 is 0 Å². The summed E-state index contributed by atoms with van der Waals surface area (Å²) in [5.41, 5.74) is 3.03. The van der Waals surface area contributed by atoms with Crippen LogP contribution in [-0.2, 0) is 4.74 Å². The van der Waals surface area contributed by atoms with Gasteiger partial charge < -0.3 is 23.6 Å². The van der Waals surface area contributed by atoms with Crippen LogP contribution in [0.1, 0.15) is 11.5 Å². The number of rotatable bonds is 6. The molecule has 1 aliphatic rings. The molecule has 0 unspecified atom stereocenters. The van der Waals surface area contributed by atoms with Gasteiger partial charge >= 0.3 is 0 Å². The number of hydrogen-bond donors (Lipinski definition) is 0. The van der Waals surface area contributed by atoms with Crippen molar-refractivity contribution in [2.45, 2.75) is 0 Å². The average Bonchev–Trinajstić information content (AvgIpc) is 3.27. The van der Waals surface area contributed by atoms with Crippen molar-refractivity contribution in [2.24, 2.45) is 0 Å². The normalized spacial score (nSPS) is 14.3. The lowest BCUT2D eigenvalue weighted by Gasteiger charge is -2.28. The zero-order chi connectivity index (χ0) is 20.1. The molecule has 1 aromatic heterocycles. The molecule has 150 valence electrons. The molecule has 0 N–H and O–H groups in total. The summed E-state index contributed by atoms with van der Waals surface area (Å²) in [6.07, 6.45) is 3.67. The Kier molecular flexibility index (Phi) is 5.76. The molecule has 2 heterocycles. The first-order valence-electron chi connectivity index (χ1n) is 9.44. The number of ether oxygens (including phenoxy) is 3. The van der Waals surface area contributed by atoms with Gasteiger partial charge in [0.25, 0.3) is 5.89 Å². The van der Waals surface area contributed by atoms with Gasteiger partial charge in [0.05, 0.1) is 27.4 Å². The quantitative estimate of drug-likeness (QED) is 0.631. The first kappa shape index (κ1) is 19.0. The van der Waals surface area contributed by atoms with Crippen LogP contribution in [0.25, 0.3) is 23.5 Å². The summed E-state index contributed by atoms with van der Waals surface area (Å²) in [5, 5.41) is 4.09. The van der Waals surface area contributed by atoms with E-state index in [0.29, 0.717) is 23.2 Å². The number of benzene rings is 2. The Labute approximate surface area is 169 Å². The maximum Gasteiger partial charge on any atom is 0.250 e. The van der Waals surface area contributed by atoms with E-state index in [0.717, 1.165) is 37.4 Å². The molecule has 0 bridgehead atoms. The number of hydrogen-bond acceptors (Lipinski definition) is 7. The highest BCUT2D eigenvalue weighted by Crippen LogP contribution is 2.28. The number of morpholine rings is 1. The average molecular weight is 393 g/mol. The summed E-state index contributed by atoms with van der Waals surface area (Å²) in [5.74, 6) is 2.35. The molecule has 0 amide bonds. The third-order valence-corrected chi connectivity index (χ3v) is 4.77. The van der Waals surface area contributed by atoms with Crippen LogP contribution in [0.3, 0.4) is 0 Å². The SMILES string of the molecule is COc1ccc(/C=C/c2nc(-c3ccc(N4CCOCC4)cc3)no2)cc1OC. The number of aromatic nitrogens is 2. The molecular weight excluding hydrogens is 370 g/mol. The highest BCUT2D eigenvalue weighted by atomic mass is 16.5. The Morgan fingerprint density at radius 3 is 2.41 bits per heavy atom. The third kappa shape index (κ3) is 4.41. The summed E-state index contributed by atoms with van der Waals surface area (Å²) in [4.78, 5) is 6.77. The van der Waals surface area contributed by atoms with Crippen molar-refractivity contribution in [2.75, 3.05) is 45.4 Å². The standard InChI is InChI=1S/C22H23N3O4/c1-26-19-9-3-16(15-20(19)27-2)4-10-21-23-22(24-29-21)17-5-7-18(8-6-17)25-11-13-28-14-12-25/h3-10,15H,11-14H2,1-2H3/b10-4+. The fourth-order valence-corrected chi connectivity index (χ4v) is 3.19. The van der Waals surface area contributed by atoms with Gasteiger partial charge in [-0.2, -0.15) is 4.98 Å². The van der Waals surface area contributed by atoms with Crippen LogP contribution in [-0.4, -0.2) is 50.7 Å². The van der Waals surface area contributed by atoms with Crippen LogP contribution in [0.2, 0.25) is 0 Å². The molecule has 3 aromatic rings. The maximum absolute atomic E-state index is 5.40. The summed E-state index contributed by atoms with van der Waals surface area (Å²) in [6.45, 7) is 3.35. The van der Waals surface area contributed by atoms with Crippen LogP contribution in [0.5, 0.6) is 11.5 Å². The van der Waals surface area contributed by atoms with Crippen molar-refractivity contribution in [1.29, 1.82) is 0 Å². The zero-order valence-corrected chi connectivity index (χ0v) is 16.5. The van der Waals surface area contributed by atoms with Crippen molar-refractivity contribution < 1.29 is 18.7 Å². The minimum absolute atomic E-state index is 0.437. The lowest BCUT2D eigenvalue weighted by atomic mass is 10.1. The minimum atomic E-state index is 0.437.